The summed E-state index contributed by atoms with van der Waals surface area (Å²) < 4.78 is 11.1. The zero-order valence-electron chi connectivity index (χ0n) is 15.2. The maximum atomic E-state index is 5.61. The Balaban J connectivity index is 1.60. The van der Waals surface area contributed by atoms with E-state index < -0.39 is 0 Å². The lowest BCUT2D eigenvalue weighted by molar-refractivity contribution is 0.171. The van der Waals surface area contributed by atoms with Crippen molar-refractivity contribution in [2.75, 3.05) is 18.5 Å². The average Bonchev–Trinajstić information content (AvgIpc) is 2.66. The molecule has 0 aromatic heterocycles. The Morgan fingerprint density at radius 2 is 1.73 bits per heavy atom. The molecule has 1 aliphatic rings. The second-order valence-electron chi connectivity index (χ2n) is 6.40. The molecular formula is C20H23N3O2S. The minimum atomic E-state index is 0.444. The maximum Gasteiger partial charge on any atom is 0.191 e. The van der Waals surface area contributed by atoms with Crippen LogP contribution in [0.3, 0.4) is 0 Å². The van der Waals surface area contributed by atoms with Gasteiger partial charge in [-0.15, -0.1) is 0 Å². The summed E-state index contributed by atoms with van der Waals surface area (Å²) in [6.45, 7) is 7.40. The van der Waals surface area contributed by atoms with Crippen LogP contribution < -0.4 is 20.2 Å². The third kappa shape index (κ3) is 4.52. The summed E-state index contributed by atoms with van der Waals surface area (Å²) >= 11 is 5.31. The molecule has 0 spiro atoms. The molecule has 0 fully saturated rings. The SMILES string of the molecule is CC(=NNC(=S)Nc1ccc(C(C)C)cc1)c1ccc2c(c1)OCCO2. The van der Waals surface area contributed by atoms with Crippen molar-refractivity contribution in [1.29, 1.82) is 0 Å². The molecule has 2 aromatic carbocycles. The van der Waals surface area contributed by atoms with E-state index in [2.05, 4.69) is 41.8 Å². The molecule has 2 N–H and O–H groups in total. The molecular weight excluding hydrogens is 346 g/mol. The second kappa shape index (κ2) is 8.19. The molecule has 0 unspecified atom stereocenters. The van der Waals surface area contributed by atoms with Gasteiger partial charge in [0.05, 0.1) is 5.71 Å². The molecule has 26 heavy (non-hydrogen) atoms. The lowest BCUT2D eigenvalue weighted by Gasteiger charge is -2.18. The number of thiocarbonyl (C=S) groups is 1. The first-order chi connectivity index (χ1) is 12.5. The summed E-state index contributed by atoms with van der Waals surface area (Å²) in [5, 5.41) is 7.93. The van der Waals surface area contributed by atoms with Crippen LogP contribution >= 0.6 is 12.2 Å². The van der Waals surface area contributed by atoms with Crippen molar-refractivity contribution in [3.05, 3.63) is 53.6 Å². The molecule has 3 rings (SSSR count). The minimum Gasteiger partial charge on any atom is -0.486 e. The van der Waals surface area contributed by atoms with Gasteiger partial charge in [-0.2, -0.15) is 5.10 Å². The molecule has 0 amide bonds. The van der Waals surface area contributed by atoms with Crippen molar-refractivity contribution in [2.45, 2.75) is 26.7 Å². The molecule has 136 valence electrons. The van der Waals surface area contributed by atoms with Crippen molar-refractivity contribution < 1.29 is 9.47 Å². The molecule has 0 radical (unpaired) electrons. The minimum absolute atomic E-state index is 0.444. The number of rotatable bonds is 4. The summed E-state index contributed by atoms with van der Waals surface area (Å²) in [6, 6.07) is 14.0. The number of fused-ring (bicyclic) bond motifs is 1. The molecule has 0 saturated carbocycles. The van der Waals surface area contributed by atoms with Crippen molar-refractivity contribution in [3.63, 3.8) is 0 Å². The van der Waals surface area contributed by atoms with Crippen LogP contribution in [0, 0.1) is 0 Å². The first kappa shape index (κ1) is 18.2. The first-order valence-electron chi connectivity index (χ1n) is 8.64. The second-order valence-corrected chi connectivity index (χ2v) is 6.81. The maximum absolute atomic E-state index is 5.61. The van der Waals surface area contributed by atoms with E-state index in [9.17, 15) is 0 Å². The summed E-state index contributed by atoms with van der Waals surface area (Å²) in [7, 11) is 0. The van der Waals surface area contributed by atoms with Crippen molar-refractivity contribution in [1.82, 2.24) is 5.43 Å². The van der Waals surface area contributed by atoms with Gasteiger partial charge < -0.3 is 14.8 Å². The van der Waals surface area contributed by atoms with Gasteiger partial charge in [0.2, 0.25) is 0 Å². The van der Waals surface area contributed by atoms with E-state index >= 15 is 0 Å². The number of nitrogens with one attached hydrogen (secondary N) is 2. The van der Waals surface area contributed by atoms with Gasteiger partial charge in [-0.05, 0) is 61.0 Å². The third-order valence-corrected chi connectivity index (χ3v) is 4.31. The van der Waals surface area contributed by atoms with Gasteiger partial charge in [0, 0.05) is 11.3 Å². The van der Waals surface area contributed by atoms with E-state index in [1.165, 1.54) is 5.56 Å². The fourth-order valence-corrected chi connectivity index (χ4v) is 2.74. The Morgan fingerprint density at radius 3 is 2.42 bits per heavy atom. The third-order valence-electron chi connectivity index (χ3n) is 4.12. The van der Waals surface area contributed by atoms with Crippen LogP contribution in [-0.4, -0.2) is 24.0 Å². The lowest BCUT2D eigenvalue weighted by Crippen LogP contribution is -2.25. The van der Waals surface area contributed by atoms with Crippen molar-refractivity contribution >= 4 is 28.7 Å². The fourth-order valence-electron chi connectivity index (χ4n) is 2.58. The summed E-state index contributed by atoms with van der Waals surface area (Å²) in [4.78, 5) is 0. The number of hydrogen-bond donors (Lipinski definition) is 2. The Kier molecular flexibility index (Phi) is 5.73. The van der Waals surface area contributed by atoms with Gasteiger partial charge in [-0.3, -0.25) is 5.43 Å². The Bertz CT molecular complexity index is 816. The summed E-state index contributed by atoms with van der Waals surface area (Å²) in [5.41, 5.74) is 6.86. The zero-order chi connectivity index (χ0) is 18.5. The average molecular weight is 369 g/mol. The highest BCUT2D eigenvalue weighted by Crippen LogP contribution is 2.30. The lowest BCUT2D eigenvalue weighted by atomic mass is 10.0. The van der Waals surface area contributed by atoms with Crippen molar-refractivity contribution in [3.8, 4) is 11.5 Å². The highest BCUT2D eigenvalue weighted by molar-refractivity contribution is 7.80. The smallest absolute Gasteiger partial charge is 0.191 e. The van der Waals surface area contributed by atoms with E-state index in [0.29, 0.717) is 24.2 Å². The molecule has 0 aliphatic carbocycles. The number of hydrazone groups is 1. The number of hydrogen-bond acceptors (Lipinski definition) is 4. The molecule has 6 heteroatoms. The number of benzene rings is 2. The molecule has 5 nitrogen and oxygen atoms in total. The van der Waals surface area contributed by atoms with Gasteiger partial charge in [0.1, 0.15) is 13.2 Å². The van der Waals surface area contributed by atoms with Crippen LogP contribution in [0.1, 0.15) is 37.8 Å². The molecule has 1 aliphatic heterocycles. The summed E-state index contributed by atoms with van der Waals surface area (Å²) in [6.07, 6.45) is 0. The largest absolute Gasteiger partial charge is 0.486 e. The zero-order valence-corrected chi connectivity index (χ0v) is 16.0. The van der Waals surface area contributed by atoms with Gasteiger partial charge in [-0.1, -0.05) is 26.0 Å². The Labute approximate surface area is 159 Å². The van der Waals surface area contributed by atoms with Crippen LogP contribution in [0.2, 0.25) is 0 Å². The molecule has 1 heterocycles. The summed E-state index contributed by atoms with van der Waals surface area (Å²) in [5.74, 6) is 2.02. The Hall–Kier alpha value is -2.60. The van der Waals surface area contributed by atoms with Gasteiger partial charge >= 0.3 is 0 Å². The highest BCUT2D eigenvalue weighted by atomic mass is 32.1. The van der Waals surface area contributed by atoms with Crippen LogP contribution in [-0.2, 0) is 0 Å². The molecule has 0 bridgehead atoms. The van der Waals surface area contributed by atoms with Gasteiger partial charge in [-0.25, -0.2) is 0 Å². The number of nitrogens with zero attached hydrogens (tertiary/aromatic N) is 1. The van der Waals surface area contributed by atoms with Crippen molar-refractivity contribution in [2.24, 2.45) is 5.10 Å². The van der Waals surface area contributed by atoms with E-state index in [4.69, 9.17) is 21.7 Å². The quantitative estimate of drug-likeness (QED) is 0.478. The predicted octanol–water partition coefficient (Wildman–Crippen LogP) is 4.29. The first-order valence-corrected chi connectivity index (χ1v) is 9.05. The van der Waals surface area contributed by atoms with E-state index in [-0.39, 0.29) is 0 Å². The Morgan fingerprint density at radius 1 is 1.04 bits per heavy atom. The van der Waals surface area contributed by atoms with Crippen LogP contribution in [0.4, 0.5) is 5.69 Å². The fraction of sp³-hybridized carbons (Fsp3) is 0.300. The van der Waals surface area contributed by atoms with Crippen LogP contribution in [0.25, 0.3) is 0 Å². The van der Waals surface area contributed by atoms with E-state index in [1.807, 2.05) is 37.3 Å². The predicted molar refractivity (Wildman–Crippen MR) is 110 cm³/mol. The van der Waals surface area contributed by atoms with E-state index in [0.717, 1.165) is 28.5 Å². The molecule has 2 aromatic rings. The topological polar surface area (TPSA) is 54.9 Å². The van der Waals surface area contributed by atoms with Gasteiger partial charge in [0.15, 0.2) is 16.6 Å². The monoisotopic (exact) mass is 369 g/mol. The normalized spacial score (nSPS) is 13.5. The van der Waals surface area contributed by atoms with Gasteiger partial charge in [0.25, 0.3) is 0 Å². The standard InChI is InChI=1S/C20H23N3O2S/c1-13(2)15-4-7-17(8-5-15)21-20(26)23-22-14(3)16-6-9-18-19(12-16)25-11-10-24-18/h4-9,12-13H,10-11H2,1-3H3,(H2,21,23,26). The number of anilines is 1. The molecule has 0 saturated heterocycles. The van der Waals surface area contributed by atoms with E-state index in [1.54, 1.807) is 0 Å². The molecule has 0 atom stereocenters. The van der Waals surface area contributed by atoms with Crippen LogP contribution in [0.15, 0.2) is 47.6 Å². The highest BCUT2D eigenvalue weighted by Gasteiger charge is 2.12. The van der Waals surface area contributed by atoms with Crippen LogP contribution in [0.5, 0.6) is 11.5 Å². The number of ether oxygens (including phenoxy) is 2.